The summed E-state index contributed by atoms with van der Waals surface area (Å²) in [4.78, 5) is 38.1. The number of aliphatic carboxylic acids is 2. The Morgan fingerprint density at radius 2 is 0.457 bits per heavy atom. The van der Waals surface area contributed by atoms with Crippen molar-refractivity contribution in [2.75, 3.05) is 0 Å². The molecule has 0 spiro atoms. The van der Waals surface area contributed by atoms with Gasteiger partial charge in [0.2, 0.25) is 0 Å². The average molecular weight is 1400 g/mol. The zero-order valence-electron chi connectivity index (χ0n) is 61.8. The van der Waals surface area contributed by atoms with Crippen LogP contribution in [0.5, 0.6) is 23.0 Å². The summed E-state index contributed by atoms with van der Waals surface area (Å²) in [6, 6.07) is 17.1. The third-order valence-corrected chi connectivity index (χ3v) is 16.3. The quantitative estimate of drug-likeness (QED) is 0.0919. The van der Waals surface area contributed by atoms with Gasteiger partial charge in [-0.3, -0.25) is 29.6 Å². The van der Waals surface area contributed by atoms with Crippen LogP contribution in [-0.2, 0) is 86.5 Å². The van der Waals surface area contributed by atoms with Gasteiger partial charge in [0.15, 0.2) is 0 Å². The van der Waals surface area contributed by atoms with Crippen LogP contribution >= 0.6 is 0 Å². The van der Waals surface area contributed by atoms with Crippen LogP contribution < -0.4 is 0 Å². The molecule has 2 aliphatic carbocycles. The zero-order chi connectivity index (χ0) is 67.7. The van der Waals surface area contributed by atoms with Crippen LogP contribution in [0.4, 0.5) is 0 Å². The zero-order valence-corrected chi connectivity index (χ0v) is 63.9. The number of carboxylic acid groups (broad SMARTS) is 2. The molecule has 0 bridgehead atoms. The summed E-state index contributed by atoms with van der Waals surface area (Å²) in [7, 11) is 0. The van der Waals surface area contributed by atoms with E-state index in [0.717, 1.165) is 110 Å². The van der Waals surface area contributed by atoms with E-state index in [9.17, 15) is 20.4 Å². The van der Waals surface area contributed by atoms with Crippen LogP contribution in [0, 0.1) is 0 Å². The fourth-order valence-corrected chi connectivity index (χ4v) is 10.6. The third kappa shape index (κ3) is 28.7. The van der Waals surface area contributed by atoms with Gasteiger partial charge < -0.3 is 52.5 Å². The smallest absolute Gasteiger partial charge is 0.300 e. The normalized spacial score (nSPS) is 17.2. The number of aromatic hydroxyl groups is 4. The van der Waals surface area contributed by atoms with Crippen molar-refractivity contribution in [3.05, 3.63) is 115 Å². The molecule has 94 heavy (non-hydrogen) atoms. The van der Waals surface area contributed by atoms with E-state index in [1.54, 1.807) is 0 Å². The first-order chi connectivity index (χ1) is 39.8. The molecule has 0 aromatic heterocycles. The Kier molecular flexibility index (Phi) is 37.7. The number of carbonyl (C=O) groups is 2. The molecule has 2 aliphatic rings. The van der Waals surface area contributed by atoms with Crippen molar-refractivity contribution in [1.29, 1.82) is 0 Å². The van der Waals surface area contributed by atoms with Gasteiger partial charge in [0.05, 0.1) is 24.2 Å². The number of carboxylic acids is 2. The number of hydrogen-bond acceptors (Lipinski definition) is 10. The first kappa shape index (κ1) is 94.9. The third-order valence-electron chi connectivity index (χ3n) is 16.3. The molecule has 18 heteroatoms. The van der Waals surface area contributed by atoms with Crippen LogP contribution in [0.15, 0.2) is 68.5 Å². The molecular formula is C76H124Co2N4O12. The summed E-state index contributed by atoms with van der Waals surface area (Å²) in [6.45, 7) is 54.2. The van der Waals surface area contributed by atoms with Gasteiger partial charge in [0, 0.05) is 117 Å². The van der Waals surface area contributed by atoms with Crippen LogP contribution in [0.25, 0.3) is 0 Å². The molecule has 538 valence electrons. The van der Waals surface area contributed by atoms with Crippen LogP contribution in [0.1, 0.15) is 298 Å². The fraction of sp³-hybridized carbons (Fsp3) is 0.605. The predicted octanol–water partition coefficient (Wildman–Crippen LogP) is 15.2. The fourth-order valence-electron chi connectivity index (χ4n) is 10.6. The van der Waals surface area contributed by atoms with Crippen molar-refractivity contribution in [1.82, 2.24) is 0 Å². The van der Waals surface area contributed by atoms with Gasteiger partial charge in [-0.25, -0.2) is 0 Å². The van der Waals surface area contributed by atoms with E-state index in [2.05, 4.69) is 215 Å². The molecule has 0 saturated heterocycles. The van der Waals surface area contributed by atoms with Crippen molar-refractivity contribution in [3.63, 3.8) is 0 Å². The van der Waals surface area contributed by atoms with Crippen LogP contribution in [0.2, 0.25) is 0 Å². The second-order valence-corrected chi connectivity index (χ2v) is 32.8. The van der Waals surface area contributed by atoms with Gasteiger partial charge in [-0.15, -0.1) is 0 Å². The molecule has 6 rings (SSSR count). The molecule has 0 amide bonds. The van der Waals surface area contributed by atoms with Crippen molar-refractivity contribution in [3.8, 4) is 23.0 Å². The molecule has 0 heterocycles. The Balaban J connectivity index is -0.000000730. The van der Waals surface area contributed by atoms with Gasteiger partial charge in [0.1, 0.15) is 23.0 Å². The maximum absolute atomic E-state index is 11.2. The maximum Gasteiger partial charge on any atom is 0.300 e. The van der Waals surface area contributed by atoms with Crippen LogP contribution in [0.3, 0.4) is 0 Å². The molecule has 2 radical (unpaired) electrons. The van der Waals surface area contributed by atoms with E-state index in [4.69, 9.17) is 39.8 Å². The van der Waals surface area contributed by atoms with Gasteiger partial charge in [-0.05, 0) is 116 Å². The summed E-state index contributed by atoms with van der Waals surface area (Å²) in [5, 5.41) is 59.7. The van der Waals surface area contributed by atoms with Crippen molar-refractivity contribution < 1.29 is 95.7 Å². The first-order valence-electron chi connectivity index (χ1n) is 31.9. The monoisotopic (exact) mass is 1400 g/mol. The minimum absolute atomic E-state index is 0. The standard InChI is InChI=1S/2C36H54N2O2.2C2H4O2.2Co.4H2O/c2*1-33(2,3)25-17-23(31(39)27(19-25)35(7,8)9)21-37-29-15-13-14-16-30(29)38-22-24-18-26(34(4,5)6)20-28(32(24)40)36(10,11)12;2*1-2(3)4;;;;;;/h2*17-22,29-30,39-40H,13-16H2,1-12H3;2*1H3,(H,3,4);;;4*1H2/t2*29-,30-;;;;;;;;/m00......../s1. The van der Waals surface area contributed by atoms with Crippen molar-refractivity contribution in [2.24, 2.45) is 20.0 Å². The number of benzene rings is 4. The van der Waals surface area contributed by atoms with Crippen molar-refractivity contribution >= 4 is 36.8 Å². The summed E-state index contributed by atoms with van der Waals surface area (Å²) >= 11 is 0. The maximum atomic E-state index is 11.2. The number of phenols is 4. The molecule has 4 aromatic carbocycles. The van der Waals surface area contributed by atoms with E-state index >= 15 is 0 Å². The minimum Gasteiger partial charge on any atom is -0.507 e. The van der Waals surface area contributed by atoms with E-state index in [1.165, 1.54) is 22.3 Å². The molecule has 2 saturated carbocycles. The molecule has 4 atom stereocenters. The Bertz CT molecular complexity index is 2750. The largest absolute Gasteiger partial charge is 0.507 e. The van der Waals surface area contributed by atoms with E-state index in [1.807, 2.05) is 24.9 Å². The first-order valence-corrected chi connectivity index (χ1v) is 31.9. The molecule has 4 aromatic rings. The van der Waals surface area contributed by atoms with Gasteiger partial charge in [0.25, 0.3) is 11.9 Å². The molecule has 14 N–H and O–H groups in total. The predicted molar refractivity (Wildman–Crippen MR) is 386 cm³/mol. The number of phenolic OH excluding ortho intramolecular Hbond substituents is 4. The van der Waals surface area contributed by atoms with Gasteiger partial charge >= 0.3 is 0 Å². The summed E-state index contributed by atoms with van der Waals surface area (Å²) < 4.78 is 0. The molecular weight excluding hydrogens is 1280 g/mol. The number of aliphatic imine (C=N–C) groups is 4. The summed E-state index contributed by atoms with van der Waals surface area (Å²) in [5.74, 6) is -0.394. The Labute approximate surface area is 586 Å². The van der Waals surface area contributed by atoms with Crippen molar-refractivity contribution in [2.45, 2.75) is 299 Å². The van der Waals surface area contributed by atoms with E-state index < -0.39 is 11.9 Å². The molecule has 2 fully saturated rings. The van der Waals surface area contributed by atoms with Gasteiger partial charge in [-0.1, -0.05) is 216 Å². The molecule has 0 unspecified atom stereocenters. The van der Waals surface area contributed by atoms with Gasteiger partial charge in [-0.2, -0.15) is 0 Å². The topological polar surface area (TPSA) is 331 Å². The van der Waals surface area contributed by atoms with E-state index in [0.29, 0.717) is 23.0 Å². The van der Waals surface area contributed by atoms with Crippen LogP contribution in [-0.4, -0.2) is 114 Å². The number of hydrogen-bond donors (Lipinski definition) is 6. The summed E-state index contributed by atoms with van der Waals surface area (Å²) in [6.07, 6.45) is 15.8. The number of rotatable bonds is 8. The Hall–Kier alpha value is -5.45. The SMILES string of the molecule is CC(=O)O.CC(=O)O.CC(C)(C)c1cc(C=N[C@H]2CCCC[C@@H]2N=Cc2cc(C(C)(C)C)cc(C(C)(C)C)c2O)c(O)c(C(C)(C)C)c1.CC(C)(C)c1cc(C=N[C@H]2CCCC[C@@H]2N=Cc2cc(C(C)(C)C)cc(C(C)(C)C)c2O)c(O)c(C(C)(C)C)c1.O.O.O.O.[Co].[Co]. The summed E-state index contributed by atoms with van der Waals surface area (Å²) in [5.41, 5.74) is 10.8. The van der Waals surface area contributed by atoms with E-state index in [-0.39, 0.29) is 123 Å². The molecule has 16 nitrogen and oxygen atoms in total. The number of nitrogens with zero attached hydrogens (tertiary/aromatic N) is 4. The molecule has 0 aliphatic heterocycles. The average Bonchev–Trinajstić information content (AvgIpc) is 0.820. The second-order valence-electron chi connectivity index (χ2n) is 32.8. The Morgan fingerprint density at radius 1 is 0.319 bits per heavy atom. The second kappa shape index (κ2) is 37.3. The minimum atomic E-state index is -0.833. The Morgan fingerprint density at radius 3 is 0.574 bits per heavy atom.